The van der Waals surface area contributed by atoms with Gasteiger partial charge in [0.2, 0.25) is 0 Å². The summed E-state index contributed by atoms with van der Waals surface area (Å²) in [4.78, 5) is 5.64. The second-order valence-corrected chi connectivity index (χ2v) is 7.33. The molecular weight excluding hydrogens is 252 g/mol. The zero-order chi connectivity index (χ0) is 13.8. The maximum atomic E-state index is 3.73. The monoisotopic (exact) mass is 280 g/mol. The molecule has 108 valence electrons. The van der Waals surface area contributed by atoms with Crippen molar-refractivity contribution in [2.45, 2.75) is 53.1 Å². The van der Waals surface area contributed by atoms with Crippen LogP contribution < -0.4 is 5.32 Å². The lowest BCUT2D eigenvalue weighted by atomic mass is 9.99. The molecule has 2 nitrogen and oxygen atoms in total. The van der Waals surface area contributed by atoms with E-state index in [1.165, 1.54) is 47.8 Å². The molecule has 0 bridgehead atoms. The first kappa shape index (κ1) is 15.0. The van der Waals surface area contributed by atoms with Gasteiger partial charge < -0.3 is 5.32 Å². The fourth-order valence-electron chi connectivity index (χ4n) is 2.78. The molecular formula is C16H28N2S. The lowest BCUT2D eigenvalue weighted by Crippen LogP contribution is -2.41. The van der Waals surface area contributed by atoms with E-state index < -0.39 is 0 Å². The van der Waals surface area contributed by atoms with E-state index in [2.05, 4.69) is 44.0 Å². The molecule has 1 fully saturated rings. The van der Waals surface area contributed by atoms with Crippen LogP contribution in [0.4, 0.5) is 0 Å². The minimum absolute atomic E-state index is 0.662. The number of nitrogens with zero attached hydrogens (tertiary/aromatic N) is 1. The van der Waals surface area contributed by atoms with Crippen molar-refractivity contribution in [1.82, 2.24) is 10.2 Å². The summed E-state index contributed by atoms with van der Waals surface area (Å²) in [6.45, 7) is 13.9. The van der Waals surface area contributed by atoms with Crippen molar-refractivity contribution in [3.8, 4) is 0 Å². The minimum Gasteiger partial charge on any atom is -0.312 e. The number of nitrogens with one attached hydrogen (secondary N) is 1. The normalized spacial score (nSPS) is 23.3. The highest BCUT2D eigenvalue weighted by Crippen LogP contribution is 2.23. The van der Waals surface area contributed by atoms with Crippen LogP contribution in [0.1, 0.15) is 42.0 Å². The van der Waals surface area contributed by atoms with E-state index in [1.807, 2.05) is 11.3 Å². The summed E-state index contributed by atoms with van der Waals surface area (Å²) in [5.41, 5.74) is 1.45. The zero-order valence-electron chi connectivity index (χ0n) is 12.8. The van der Waals surface area contributed by atoms with E-state index >= 15 is 0 Å². The van der Waals surface area contributed by atoms with Crippen molar-refractivity contribution >= 4 is 11.3 Å². The first-order valence-electron chi connectivity index (χ1n) is 7.61. The van der Waals surface area contributed by atoms with Gasteiger partial charge >= 0.3 is 0 Å². The SMILES string of the molecule is CCC(C)C1CN(Cc2cc(C)c(C)s2)CCCN1. The average Bonchev–Trinajstić information content (AvgIpc) is 2.59. The molecule has 2 heterocycles. The molecule has 2 atom stereocenters. The van der Waals surface area contributed by atoms with E-state index in [0.717, 1.165) is 12.5 Å². The predicted octanol–water partition coefficient (Wildman–Crippen LogP) is 3.57. The second-order valence-electron chi connectivity index (χ2n) is 5.99. The molecule has 1 aliphatic heterocycles. The van der Waals surface area contributed by atoms with Gasteiger partial charge in [-0.2, -0.15) is 0 Å². The van der Waals surface area contributed by atoms with Crippen LogP contribution in [0.3, 0.4) is 0 Å². The first-order chi connectivity index (χ1) is 9.10. The molecule has 0 spiro atoms. The Morgan fingerprint density at radius 3 is 2.89 bits per heavy atom. The van der Waals surface area contributed by atoms with Crippen LogP contribution in [-0.4, -0.2) is 30.6 Å². The Morgan fingerprint density at radius 1 is 1.47 bits per heavy atom. The third-order valence-electron chi connectivity index (χ3n) is 4.44. The smallest absolute Gasteiger partial charge is 0.0328 e. The van der Waals surface area contributed by atoms with Crippen LogP contribution in [0.15, 0.2) is 6.07 Å². The lowest BCUT2D eigenvalue weighted by Gasteiger charge is -2.27. The number of aryl methyl sites for hydroxylation is 2. The highest BCUT2D eigenvalue weighted by molar-refractivity contribution is 7.12. The van der Waals surface area contributed by atoms with Gasteiger partial charge in [-0.1, -0.05) is 20.3 Å². The average molecular weight is 280 g/mol. The van der Waals surface area contributed by atoms with Crippen LogP contribution in [0.5, 0.6) is 0 Å². The Balaban J connectivity index is 1.98. The van der Waals surface area contributed by atoms with Gasteiger partial charge in [0.05, 0.1) is 0 Å². The van der Waals surface area contributed by atoms with Crippen molar-refractivity contribution < 1.29 is 0 Å². The lowest BCUT2D eigenvalue weighted by molar-refractivity contribution is 0.233. The third-order valence-corrected chi connectivity index (χ3v) is 5.58. The largest absolute Gasteiger partial charge is 0.312 e. The zero-order valence-corrected chi connectivity index (χ0v) is 13.6. The molecule has 19 heavy (non-hydrogen) atoms. The summed E-state index contributed by atoms with van der Waals surface area (Å²) in [6, 6.07) is 3.03. The van der Waals surface area contributed by atoms with Gasteiger partial charge in [0.1, 0.15) is 0 Å². The summed E-state index contributed by atoms with van der Waals surface area (Å²) in [5.74, 6) is 0.771. The fourth-order valence-corrected chi connectivity index (χ4v) is 3.88. The maximum Gasteiger partial charge on any atom is 0.0328 e. The minimum atomic E-state index is 0.662. The number of hydrogen-bond donors (Lipinski definition) is 1. The van der Waals surface area contributed by atoms with Crippen molar-refractivity contribution in [1.29, 1.82) is 0 Å². The molecule has 0 aromatic carbocycles. The van der Waals surface area contributed by atoms with Gasteiger partial charge in [0.25, 0.3) is 0 Å². The van der Waals surface area contributed by atoms with Crippen LogP contribution in [0.25, 0.3) is 0 Å². The maximum absolute atomic E-state index is 3.73. The number of thiophene rings is 1. The van der Waals surface area contributed by atoms with E-state index in [-0.39, 0.29) is 0 Å². The van der Waals surface area contributed by atoms with Gasteiger partial charge in [-0.3, -0.25) is 4.90 Å². The van der Waals surface area contributed by atoms with Gasteiger partial charge in [-0.25, -0.2) is 0 Å². The quantitative estimate of drug-likeness (QED) is 0.907. The molecule has 2 unspecified atom stereocenters. The van der Waals surface area contributed by atoms with E-state index in [9.17, 15) is 0 Å². The molecule has 0 saturated carbocycles. The van der Waals surface area contributed by atoms with Gasteiger partial charge in [-0.05, 0) is 50.9 Å². The Bertz CT molecular complexity index is 380. The van der Waals surface area contributed by atoms with Crippen molar-refractivity contribution in [3.05, 3.63) is 21.4 Å². The van der Waals surface area contributed by atoms with Crippen molar-refractivity contribution in [2.75, 3.05) is 19.6 Å². The molecule has 1 aliphatic rings. The van der Waals surface area contributed by atoms with Crippen molar-refractivity contribution in [2.24, 2.45) is 5.92 Å². The van der Waals surface area contributed by atoms with Crippen LogP contribution in [0, 0.1) is 19.8 Å². The molecule has 0 radical (unpaired) electrons. The van der Waals surface area contributed by atoms with E-state index in [4.69, 9.17) is 0 Å². The third kappa shape index (κ3) is 4.04. The molecule has 2 rings (SSSR count). The highest BCUT2D eigenvalue weighted by atomic mass is 32.1. The predicted molar refractivity (Wildman–Crippen MR) is 84.9 cm³/mol. The molecule has 0 aliphatic carbocycles. The molecule has 1 N–H and O–H groups in total. The van der Waals surface area contributed by atoms with Crippen LogP contribution in [-0.2, 0) is 6.54 Å². The van der Waals surface area contributed by atoms with Gasteiger partial charge in [0.15, 0.2) is 0 Å². The molecule has 1 saturated heterocycles. The van der Waals surface area contributed by atoms with Crippen LogP contribution >= 0.6 is 11.3 Å². The Labute approximate surface area is 122 Å². The fraction of sp³-hybridized carbons (Fsp3) is 0.750. The first-order valence-corrected chi connectivity index (χ1v) is 8.43. The highest BCUT2D eigenvalue weighted by Gasteiger charge is 2.22. The second kappa shape index (κ2) is 6.87. The Morgan fingerprint density at radius 2 is 2.26 bits per heavy atom. The standard InChI is InChI=1S/C16H28N2S/c1-5-12(2)16-11-18(8-6-7-17-16)10-15-9-13(3)14(4)19-15/h9,12,16-17H,5-8,10-11H2,1-4H3. The van der Waals surface area contributed by atoms with Crippen molar-refractivity contribution in [3.63, 3.8) is 0 Å². The summed E-state index contributed by atoms with van der Waals surface area (Å²) < 4.78 is 0. The molecule has 0 amide bonds. The molecule has 3 heteroatoms. The summed E-state index contributed by atoms with van der Waals surface area (Å²) in [6.07, 6.45) is 2.54. The van der Waals surface area contributed by atoms with E-state index in [1.54, 1.807) is 0 Å². The Hall–Kier alpha value is -0.380. The number of rotatable bonds is 4. The van der Waals surface area contributed by atoms with Gasteiger partial charge in [-0.15, -0.1) is 11.3 Å². The van der Waals surface area contributed by atoms with Gasteiger partial charge in [0, 0.05) is 28.9 Å². The van der Waals surface area contributed by atoms with E-state index in [0.29, 0.717) is 6.04 Å². The number of hydrogen-bond acceptors (Lipinski definition) is 3. The summed E-state index contributed by atoms with van der Waals surface area (Å²) >= 11 is 1.97. The molecule has 1 aromatic heterocycles. The Kier molecular flexibility index (Phi) is 5.43. The molecule has 1 aromatic rings. The topological polar surface area (TPSA) is 15.3 Å². The summed E-state index contributed by atoms with van der Waals surface area (Å²) in [7, 11) is 0. The summed E-state index contributed by atoms with van der Waals surface area (Å²) in [5, 5.41) is 3.73. The van der Waals surface area contributed by atoms with Crippen LogP contribution in [0.2, 0.25) is 0 Å².